The van der Waals surface area contributed by atoms with Crippen LogP contribution in [0.4, 0.5) is 16.4 Å². The van der Waals surface area contributed by atoms with Gasteiger partial charge in [0.2, 0.25) is 5.88 Å². The molecule has 0 unspecified atom stereocenters. The first-order chi connectivity index (χ1) is 17.5. The van der Waals surface area contributed by atoms with Gasteiger partial charge in [-0.25, -0.2) is 14.8 Å². The standard InChI is InChI=1S/C25H25N5O6/c1-34-22-7-3-6-18(27-22)17-5-2-4-15(23(17)32)12-26-11-10-16-13-30(25(33)36-16)20-9-8-19-24(28-20)29-21(31)14-35-19/h2-9,16,26,32H,10-14H2,1H3,(H,28,29,31)/t16-/m0/s1. The third kappa shape index (κ3) is 4.86. The zero-order valence-corrected chi connectivity index (χ0v) is 19.6. The van der Waals surface area contributed by atoms with Crippen molar-refractivity contribution in [3.63, 3.8) is 0 Å². The molecular weight excluding hydrogens is 466 g/mol. The number of carbonyl (C=O) groups is 2. The van der Waals surface area contributed by atoms with Gasteiger partial charge in [-0.3, -0.25) is 9.69 Å². The summed E-state index contributed by atoms with van der Waals surface area (Å²) in [6, 6.07) is 14.2. The first kappa shape index (κ1) is 23.4. The average molecular weight is 492 g/mol. The number of phenols is 1. The van der Waals surface area contributed by atoms with Crippen molar-refractivity contribution in [1.29, 1.82) is 0 Å². The number of anilines is 2. The quantitative estimate of drug-likeness (QED) is 0.407. The Hall–Kier alpha value is -4.38. The summed E-state index contributed by atoms with van der Waals surface area (Å²) in [5, 5.41) is 16.7. The molecule has 0 radical (unpaired) electrons. The number of para-hydroxylation sites is 1. The van der Waals surface area contributed by atoms with Gasteiger partial charge in [0.15, 0.2) is 18.2 Å². The van der Waals surface area contributed by atoms with Gasteiger partial charge in [-0.1, -0.05) is 18.2 Å². The van der Waals surface area contributed by atoms with Gasteiger partial charge in [0.25, 0.3) is 5.91 Å². The van der Waals surface area contributed by atoms with Crippen LogP contribution in [-0.4, -0.2) is 60.0 Å². The van der Waals surface area contributed by atoms with Gasteiger partial charge < -0.3 is 30.0 Å². The number of cyclic esters (lactones) is 1. The third-order valence-electron chi connectivity index (χ3n) is 5.90. The Morgan fingerprint density at radius 1 is 1.17 bits per heavy atom. The normalized spacial score (nSPS) is 16.7. The summed E-state index contributed by atoms with van der Waals surface area (Å²) in [6.07, 6.45) is -0.244. The van der Waals surface area contributed by atoms with Gasteiger partial charge in [0, 0.05) is 23.7 Å². The van der Waals surface area contributed by atoms with Crippen LogP contribution in [0.15, 0.2) is 48.5 Å². The summed E-state index contributed by atoms with van der Waals surface area (Å²) in [6.45, 7) is 1.27. The highest BCUT2D eigenvalue weighted by atomic mass is 16.6. The lowest BCUT2D eigenvalue weighted by Crippen LogP contribution is -2.29. The fourth-order valence-electron chi connectivity index (χ4n) is 4.07. The molecular formula is C25H25N5O6. The highest BCUT2D eigenvalue weighted by Crippen LogP contribution is 2.32. The van der Waals surface area contributed by atoms with E-state index in [0.29, 0.717) is 54.8 Å². The number of rotatable bonds is 8. The number of hydrogen-bond donors (Lipinski definition) is 3. The van der Waals surface area contributed by atoms with Gasteiger partial charge in [-0.05, 0) is 37.2 Å². The number of benzene rings is 1. The lowest BCUT2D eigenvalue weighted by atomic mass is 10.1. The van der Waals surface area contributed by atoms with Crippen molar-refractivity contribution in [3.05, 3.63) is 54.1 Å². The zero-order chi connectivity index (χ0) is 25.1. The number of pyridine rings is 2. The Labute approximate surface area is 207 Å². The number of carbonyl (C=O) groups excluding carboxylic acids is 2. The monoisotopic (exact) mass is 491 g/mol. The summed E-state index contributed by atoms with van der Waals surface area (Å²) >= 11 is 0. The molecule has 2 aliphatic heterocycles. The van der Waals surface area contributed by atoms with Crippen molar-refractivity contribution in [2.24, 2.45) is 0 Å². The van der Waals surface area contributed by atoms with E-state index in [0.717, 1.165) is 5.56 Å². The first-order valence-electron chi connectivity index (χ1n) is 11.5. The Balaban J connectivity index is 1.16. The summed E-state index contributed by atoms with van der Waals surface area (Å²) in [7, 11) is 1.55. The van der Waals surface area contributed by atoms with Crippen molar-refractivity contribution in [2.75, 3.05) is 37.0 Å². The molecule has 0 bridgehead atoms. The average Bonchev–Trinajstić information content (AvgIpc) is 3.27. The second-order valence-electron chi connectivity index (χ2n) is 8.31. The first-order valence-corrected chi connectivity index (χ1v) is 11.5. The summed E-state index contributed by atoms with van der Waals surface area (Å²) in [5.74, 6) is 1.45. The van der Waals surface area contributed by atoms with Crippen LogP contribution in [0.2, 0.25) is 0 Å². The molecule has 2 aromatic heterocycles. The van der Waals surface area contributed by atoms with E-state index in [1.54, 1.807) is 31.4 Å². The fraction of sp³-hybridized carbons (Fsp3) is 0.280. The van der Waals surface area contributed by atoms with Gasteiger partial charge in [0.05, 0.1) is 19.3 Å². The molecule has 1 fully saturated rings. The Kier molecular flexibility index (Phi) is 6.54. The third-order valence-corrected chi connectivity index (χ3v) is 5.90. The van der Waals surface area contributed by atoms with Gasteiger partial charge in [-0.15, -0.1) is 0 Å². The van der Waals surface area contributed by atoms with E-state index in [2.05, 4.69) is 20.6 Å². The minimum absolute atomic E-state index is 0.0607. The van der Waals surface area contributed by atoms with Crippen LogP contribution < -0.4 is 25.0 Å². The van der Waals surface area contributed by atoms with Crippen LogP contribution >= 0.6 is 0 Å². The maximum Gasteiger partial charge on any atom is 0.415 e. The Bertz CT molecular complexity index is 1300. The highest BCUT2D eigenvalue weighted by molar-refractivity contribution is 5.95. The molecule has 0 spiro atoms. The molecule has 2 amide bonds. The van der Waals surface area contributed by atoms with E-state index in [-0.39, 0.29) is 30.2 Å². The molecule has 4 heterocycles. The number of fused-ring (bicyclic) bond motifs is 1. The number of nitrogens with zero attached hydrogens (tertiary/aromatic N) is 3. The molecule has 1 saturated heterocycles. The highest BCUT2D eigenvalue weighted by Gasteiger charge is 2.33. The van der Waals surface area contributed by atoms with Crippen molar-refractivity contribution in [1.82, 2.24) is 15.3 Å². The lowest BCUT2D eigenvalue weighted by molar-refractivity contribution is -0.118. The Morgan fingerprint density at radius 3 is 2.89 bits per heavy atom. The fourth-order valence-corrected chi connectivity index (χ4v) is 4.07. The number of hydrogen-bond acceptors (Lipinski definition) is 9. The van der Waals surface area contributed by atoms with Crippen molar-refractivity contribution in [2.45, 2.75) is 19.1 Å². The minimum atomic E-state index is -0.494. The van der Waals surface area contributed by atoms with E-state index in [4.69, 9.17) is 14.2 Å². The molecule has 1 aromatic carbocycles. The number of nitrogens with one attached hydrogen (secondary N) is 2. The van der Waals surface area contributed by atoms with Crippen molar-refractivity contribution in [3.8, 4) is 28.6 Å². The number of phenolic OH excluding ortho intramolecular Hbond substituents is 1. The number of methoxy groups -OCH3 is 1. The van der Waals surface area contributed by atoms with Crippen LogP contribution in [0.1, 0.15) is 12.0 Å². The topological polar surface area (TPSA) is 135 Å². The lowest BCUT2D eigenvalue weighted by Gasteiger charge is -2.19. The smallest absolute Gasteiger partial charge is 0.415 e. The van der Waals surface area contributed by atoms with Crippen LogP contribution in [0.3, 0.4) is 0 Å². The molecule has 186 valence electrons. The SMILES string of the molecule is COc1cccc(-c2cccc(CNCC[C@H]3CN(c4ccc5c(n4)NC(=O)CO5)C(=O)O3)c2O)n1. The zero-order valence-electron chi connectivity index (χ0n) is 19.6. The van der Waals surface area contributed by atoms with E-state index in [1.165, 1.54) is 4.90 Å². The van der Waals surface area contributed by atoms with E-state index < -0.39 is 6.09 Å². The minimum Gasteiger partial charge on any atom is -0.507 e. The van der Waals surface area contributed by atoms with Gasteiger partial charge in [-0.2, -0.15) is 0 Å². The molecule has 2 aliphatic rings. The number of aromatic nitrogens is 2. The summed E-state index contributed by atoms with van der Waals surface area (Å²) < 4.78 is 16.0. The summed E-state index contributed by atoms with van der Waals surface area (Å²) in [5.41, 5.74) is 1.96. The van der Waals surface area contributed by atoms with Crippen LogP contribution in [-0.2, 0) is 16.1 Å². The van der Waals surface area contributed by atoms with Crippen molar-refractivity contribution < 1.29 is 28.9 Å². The van der Waals surface area contributed by atoms with Crippen LogP contribution in [0, 0.1) is 0 Å². The molecule has 11 nitrogen and oxygen atoms in total. The molecule has 0 aliphatic carbocycles. The number of aromatic hydroxyl groups is 1. The molecule has 3 N–H and O–H groups in total. The van der Waals surface area contributed by atoms with Gasteiger partial charge >= 0.3 is 6.09 Å². The number of amides is 2. The predicted octanol–water partition coefficient (Wildman–Crippen LogP) is 2.69. The second-order valence-corrected chi connectivity index (χ2v) is 8.31. The Morgan fingerprint density at radius 2 is 2.03 bits per heavy atom. The molecule has 36 heavy (non-hydrogen) atoms. The predicted molar refractivity (Wildman–Crippen MR) is 130 cm³/mol. The van der Waals surface area contributed by atoms with Crippen LogP contribution in [0.5, 0.6) is 17.4 Å². The van der Waals surface area contributed by atoms with Gasteiger partial charge in [0.1, 0.15) is 17.7 Å². The largest absolute Gasteiger partial charge is 0.507 e. The number of ether oxygens (including phenoxy) is 3. The molecule has 11 heteroatoms. The second kappa shape index (κ2) is 10.1. The molecule has 0 saturated carbocycles. The summed E-state index contributed by atoms with van der Waals surface area (Å²) in [4.78, 5) is 34.1. The molecule has 5 rings (SSSR count). The molecule has 3 aromatic rings. The van der Waals surface area contributed by atoms with Crippen molar-refractivity contribution >= 4 is 23.6 Å². The van der Waals surface area contributed by atoms with E-state index in [9.17, 15) is 14.7 Å². The van der Waals surface area contributed by atoms with E-state index >= 15 is 0 Å². The maximum atomic E-state index is 12.4. The van der Waals surface area contributed by atoms with E-state index in [1.807, 2.05) is 24.3 Å². The maximum absolute atomic E-state index is 12.4. The molecule has 1 atom stereocenters. The van der Waals surface area contributed by atoms with Crippen LogP contribution in [0.25, 0.3) is 11.3 Å².